The molecule has 0 N–H and O–H groups in total. The minimum absolute atomic E-state index is 0.199. The van der Waals surface area contributed by atoms with Crippen LogP contribution in [0.1, 0.15) is 21.5 Å². The van der Waals surface area contributed by atoms with Gasteiger partial charge in [-0.2, -0.15) is 0 Å². The third-order valence-corrected chi connectivity index (χ3v) is 7.95. The Morgan fingerprint density at radius 2 is 1.41 bits per heavy atom. The summed E-state index contributed by atoms with van der Waals surface area (Å²) in [6.07, 6.45) is 0.677. The van der Waals surface area contributed by atoms with Crippen molar-refractivity contribution >= 4 is 57.6 Å². The van der Waals surface area contributed by atoms with Gasteiger partial charge in [-0.05, 0) is 41.8 Å². The van der Waals surface area contributed by atoms with Crippen LogP contribution in [0.5, 0.6) is 0 Å². The van der Waals surface area contributed by atoms with Gasteiger partial charge in [-0.15, -0.1) is 0 Å². The Morgan fingerprint density at radius 1 is 0.756 bits per heavy atom. The first-order valence-electron chi connectivity index (χ1n) is 13.0. The van der Waals surface area contributed by atoms with E-state index in [9.17, 15) is 9.59 Å². The molecule has 0 saturated heterocycles. The zero-order chi connectivity index (χ0) is 28.8. The Kier molecular flexibility index (Phi) is 9.20. The number of rotatable bonds is 9. The summed E-state index contributed by atoms with van der Waals surface area (Å²) in [6.45, 7) is 0.482. The van der Waals surface area contributed by atoms with Crippen molar-refractivity contribution in [3.05, 3.63) is 135 Å². The van der Waals surface area contributed by atoms with E-state index in [1.165, 1.54) is 0 Å². The normalized spacial score (nSPS) is 10.9. The number of carbonyl (C=O) groups excluding carboxylic acids is 2. The maximum atomic E-state index is 13.4. The summed E-state index contributed by atoms with van der Waals surface area (Å²) in [5.41, 5.74) is 3.89. The number of para-hydroxylation sites is 1. The van der Waals surface area contributed by atoms with Gasteiger partial charge in [-0.3, -0.25) is 4.79 Å². The predicted octanol–water partition coefficient (Wildman–Crippen LogP) is 8.29. The number of nitrogens with zero attached hydrogens (tertiary/aromatic N) is 2. The van der Waals surface area contributed by atoms with E-state index in [2.05, 4.69) is 4.98 Å². The molecule has 0 aliphatic rings. The van der Waals surface area contributed by atoms with Crippen molar-refractivity contribution in [2.75, 3.05) is 13.2 Å². The average molecular weight is 604 g/mol. The molecule has 206 valence electrons. The Labute approximate surface area is 253 Å². The third-order valence-electron chi connectivity index (χ3n) is 6.66. The van der Waals surface area contributed by atoms with Gasteiger partial charge in [0.1, 0.15) is 0 Å². The summed E-state index contributed by atoms with van der Waals surface area (Å²) < 4.78 is 5.59. The van der Waals surface area contributed by atoms with E-state index < -0.39 is 12.6 Å². The molecule has 0 spiro atoms. The monoisotopic (exact) mass is 602 g/mol. The number of esters is 1. The van der Waals surface area contributed by atoms with Crippen molar-refractivity contribution in [2.24, 2.45) is 0 Å². The zero-order valence-electron chi connectivity index (χ0n) is 21.9. The molecular formula is C33H25Cl3N2O3. The Morgan fingerprint density at radius 3 is 2.15 bits per heavy atom. The number of halogens is 3. The number of aromatic nitrogens is 1. The summed E-state index contributed by atoms with van der Waals surface area (Å²) in [5, 5.41) is 1.33. The second-order valence-electron chi connectivity index (χ2n) is 9.41. The molecule has 1 aromatic heterocycles. The summed E-state index contributed by atoms with van der Waals surface area (Å²) >= 11 is 18.8. The molecule has 0 aliphatic heterocycles. The highest BCUT2D eigenvalue weighted by Crippen LogP contribution is 2.38. The summed E-state index contributed by atoms with van der Waals surface area (Å²) in [4.78, 5) is 33.2. The molecule has 0 atom stereocenters. The fraction of sp³-hybridized carbons (Fsp3) is 0.121. The highest BCUT2D eigenvalue weighted by Gasteiger charge is 2.21. The van der Waals surface area contributed by atoms with Gasteiger partial charge in [0.15, 0.2) is 6.61 Å². The number of hydrogen-bond donors (Lipinski definition) is 0. The largest absolute Gasteiger partial charge is 0.452 e. The van der Waals surface area contributed by atoms with Gasteiger partial charge >= 0.3 is 5.97 Å². The minimum atomic E-state index is -0.642. The number of carbonyl (C=O) groups is 2. The number of hydrogen-bond acceptors (Lipinski definition) is 4. The lowest BCUT2D eigenvalue weighted by atomic mass is 10.0. The lowest BCUT2D eigenvalue weighted by molar-refractivity contribution is -0.135. The molecule has 41 heavy (non-hydrogen) atoms. The van der Waals surface area contributed by atoms with Crippen molar-refractivity contribution in [3.63, 3.8) is 0 Å². The van der Waals surface area contributed by atoms with Crippen molar-refractivity contribution in [1.29, 1.82) is 0 Å². The van der Waals surface area contributed by atoms with Crippen molar-refractivity contribution in [3.8, 4) is 11.3 Å². The van der Waals surface area contributed by atoms with Crippen molar-refractivity contribution in [2.45, 2.75) is 13.0 Å². The van der Waals surface area contributed by atoms with Crippen LogP contribution in [0.4, 0.5) is 0 Å². The van der Waals surface area contributed by atoms with Gasteiger partial charge in [0.05, 0.1) is 31.8 Å². The van der Waals surface area contributed by atoms with Crippen LogP contribution in [0.25, 0.3) is 22.2 Å². The van der Waals surface area contributed by atoms with Crippen molar-refractivity contribution < 1.29 is 14.3 Å². The Hall–Kier alpha value is -3.90. The number of ether oxygens (including phenoxy) is 1. The molecular weight excluding hydrogens is 579 g/mol. The predicted molar refractivity (Wildman–Crippen MR) is 164 cm³/mol. The van der Waals surface area contributed by atoms with Gasteiger partial charge in [0.2, 0.25) is 0 Å². The molecule has 5 nitrogen and oxygen atoms in total. The van der Waals surface area contributed by atoms with E-state index in [4.69, 9.17) is 39.5 Å². The van der Waals surface area contributed by atoms with Crippen LogP contribution in [-0.2, 0) is 22.5 Å². The van der Waals surface area contributed by atoms with Gasteiger partial charge in [0.25, 0.3) is 5.91 Å². The van der Waals surface area contributed by atoms with Crippen LogP contribution in [0, 0.1) is 0 Å². The van der Waals surface area contributed by atoms with Gasteiger partial charge in [-0.1, -0.05) is 114 Å². The lowest BCUT2D eigenvalue weighted by Crippen LogP contribution is -2.36. The van der Waals surface area contributed by atoms with Crippen LogP contribution in [0.3, 0.4) is 0 Å². The Balaban J connectivity index is 1.38. The van der Waals surface area contributed by atoms with Gasteiger partial charge in [0, 0.05) is 24.0 Å². The summed E-state index contributed by atoms with van der Waals surface area (Å²) in [7, 11) is 0. The number of benzene rings is 4. The first-order valence-corrected chi connectivity index (χ1v) is 14.1. The van der Waals surface area contributed by atoms with Crippen molar-refractivity contribution in [1.82, 2.24) is 9.88 Å². The molecule has 0 radical (unpaired) electrons. The van der Waals surface area contributed by atoms with E-state index in [0.29, 0.717) is 46.7 Å². The Bertz CT molecular complexity index is 1700. The molecule has 0 aliphatic carbocycles. The van der Waals surface area contributed by atoms with E-state index in [0.717, 1.165) is 11.1 Å². The molecule has 1 amide bonds. The molecule has 0 unspecified atom stereocenters. The maximum absolute atomic E-state index is 13.4. The van der Waals surface area contributed by atoms with Crippen LogP contribution in [-0.4, -0.2) is 34.9 Å². The zero-order valence-corrected chi connectivity index (χ0v) is 24.2. The molecule has 0 bridgehead atoms. The second kappa shape index (κ2) is 13.2. The first-order chi connectivity index (χ1) is 19.9. The molecule has 8 heteroatoms. The number of fused-ring (bicyclic) bond motifs is 1. The molecule has 5 aromatic rings. The third kappa shape index (κ3) is 6.88. The highest BCUT2D eigenvalue weighted by molar-refractivity contribution is 6.49. The number of amides is 1. The molecule has 0 fully saturated rings. The lowest BCUT2D eigenvalue weighted by Gasteiger charge is -2.23. The fourth-order valence-corrected chi connectivity index (χ4v) is 5.14. The second-order valence-corrected chi connectivity index (χ2v) is 10.6. The fourth-order valence-electron chi connectivity index (χ4n) is 4.51. The summed E-state index contributed by atoms with van der Waals surface area (Å²) in [5.74, 6) is -0.929. The minimum Gasteiger partial charge on any atom is -0.452 e. The van der Waals surface area contributed by atoms with Crippen LogP contribution < -0.4 is 0 Å². The quantitative estimate of drug-likeness (QED) is 0.126. The molecule has 0 saturated carbocycles. The maximum Gasteiger partial charge on any atom is 0.339 e. The highest BCUT2D eigenvalue weighted by atomic mass is 35.5. The van der Waals surface area contributed by atoms with Gasteiger partial charge in [-0.25, -0.2) is 9.78 Å². The van der Waals surface area contributed by atoms with Gasteiger partial charge < -0.3 is 9.64 Å². The molecule has 5 rings (SSSR count). The average Bonchev–Trinajstić information content (AvgIpc) is 3.01. The SMILES string of the molecule is O=C(OCC(=O)N(CCc1ccccc1)Cc1ccccc1)c1cc(-c2ccc(Cl)c(Cl)c2Cl)nc2ccccc12. The van der Waals surface area contributed by atoms with E-state index >= 15 is 0 Å². The molecule has 1 heterocycles. The summed E-state index contributed by atoms with van der Waals surface area (Å²) in [6, 6.07) is 31.8. The standard InChI is InChI=1S/C33H25Cl3N2O3/c34-27-16-15-25(31(35)32(27)36)29-19-26(24-13-7-8-14-28(24)37-29)33(40)41-21-30(39)38(20-23-11-5-2-6-12-23)18-17-22-9-3-1-4-10-22/h1-16,19H,17-18,20-21H2. The molecule has 4 aromatic carbocycles. The van der Waals surface area contributed by atoms with Crippen LogP contribution >= 0.6 is 34.8 Å². The van der Waals surface area contributed by atoms with Crippen LogP contribution in [0.2, 0.25) is 15.1 Å². The topological polar surface area (TPSA) is 59.5 Å². The van der Waals surface area contributed by atoms with Crippen LogP contribution in [0.15, 0.2) is 103 Å². The van der Waals surface area contributed by atoms with E-state index in [1.807, 2.05) is 72.8 Å². The van der Waals surface area contributed by atoms with E-state index in [-0.39, 0.29) is 21.5 Å². The van der Waals surface area contributed by atoms with E-state index in [1.54, 1.807) is 35.2 Å². The first kappa shape index (κ1) is 28.6. The smallest absolute Gasteiger partial charge is 0.339 e. The number of pyridine rings is 1.